The number of thiazole rings is 1. The van der Waals surface area contributed by atoms with Gasteiger partial charge in [0.15, 0.2) is 0 Å². The van der Waals surface area contributed by atoms with Crippen molar-refractivity contribution in [2.75, 3.05) is 17.7 Å². The van der Waals surface area contributed by atoms with E-state index in [1.165, 1.54) is 0 Å². The van der Waals surface area contributed by atoms with E-state index < -0.39 is 0 Å². The third-order valence-electron chi connectivity index (χ3n) is 2.87. The van der Waals surface area contributed by atoms with Gasteiger partial charge in [0.2, 0.25) is 0 Å². The van der Waals surface area contributed by atoms with Crippen molar-refractivity contribution in [3.05, 3.63) is 44.4 Å². The maximum Gasteiger partial charge on any atom is 0.315 e. The fraction of sp³-hybridized carbons (Fsp3) is 0.308. The minimum absolute atomic E-state index is 0.0510. The summed E-state index contributed by atoms with van der Waals surface area (Å²) in [6.45, 7) is 3.87. The zero-order valence-corrected chi connectivity index (χ0v) is 12.3. The first-order valence-corrected chi connectivity index (χ1v) is 7.04. The number of para-hydroxylation sites is 1. The van der Waals surface area contributed by atoms with Crippen molar-refractivity contribution < 1.29 is 4.92 Å². The third-order valence-corrected chi connectivity index (χ3v) is 4.01. The topological polar surface area (TPSA) is 80.1 Å². The number of hydrogen-bond donors (Lipinski definition) is 2. The molecule has 106 valence electrons. The second kappa shape index (κ2) is 5.87. The van der Waals surface area contributed by atoms with Crippen LogP contribution in [0.25, 0.3) is 0 Å². The number of nitrogens with one attached hydrogen (secondary N) is 2. The van der Waals surface area contributed by atoms with Crippen LogP contribution < -0.4 is 10.6 Å². The van der Waals surface area contributed by atoms with Gasteiger partial charge in [-0.1, -0.05) is 6.07 Å². The van der Waals surface area contributed by atoms with Crippen LogP contribution in [0.15, 0.2) is 23.6 Å². The predicted molar refractivity (Wildman–Crippen MR) is 81.5 cm³/mol. The predicted octanol–water partition coefficient (Wildman–Crippen LogP) is 3.57. The van der Waals surface area contributed by atoms with E-state index >= 15 is 0 Å². The van der Waals surface area contributed by atoms with E-state index in [0.29, 0.717) is 11.4 Å². The van der Waals surface area contributed by atoms with E-state index in [-0.39, 0.29) is 16.7 Å². The number of anilines is 2. The van der Waals surface area contributed by atoms with E-state index in [2.05, 4.69) is 15.6 Å². The molecule has 0 amide bonds. The van der Waals surface area contributed by atoms with E-state index in [1.54, 1.807) is 36.6 Å². The molecule has 7 heteroatoms. The van der Waals surface area contributed by atoms with Gasteiger partial charge in [0.05, 0.1) is 11.0 Å². The molecule has 0 bridgehead atoms. The zero-order valence-electron chi connectivity index (χ0n) is 11.5. The van der Waals surface area contributed by atoms with Crippen molar-refractivity contribution in [3.8, 4) is 0 Å². The van der Waals surface area contributed by atoms with Gasteiger partial charge in [-0.15, -0.1) is 11.3 Å². The summed E-state index contributed by atoms with van der Waals surface area (Å²) >= 11 is 1.54. The van der Waals surface area contributed by atoms with Crippen molar-refractivity contribution in [1.82, 2.24) is 4.98 Å². The normalized spacial score (nSPS) is 11.9. The number of aromatic nitrogens is 1. The fourth-order valence-corrected chi connectivity index (χ4v) is 2.73. The van der Waals surface area contributed by atoms with Crippen molar-refractivity contribution >= 4 is 28.4 Å². The molecule has 0 saturated heterocycles. The number of nitro groups is 1. The number of hydrogen-bond acceptors (Lipinski definition) is 6. The first-order chi connectivity index (χ1) is 9.52. The van der Waals surface area contributed by atoms with Crippen LogP contribution in [0, 0.1) is 17.0 Å². The molecule has 2 N–H and O–H groups in total. The first kappa shape index (κ1) is 14.3. The Balaban J connectivity index is 2.31. The van der Waals surface area contributed by atoms with Crippen LogP contribution >= 0.6 is 11.3 Å². The van der Waals surface area contributed by atoms with E-state index in [4.69, 9.17) is 0 Å². The lowest BCUT2D eigenvalue weighted by molar-refractivity contribution is -0.383. The molecule has 1 unspecified atom stereocenters. The molecule has 1 heterocycles. The molecule has 0 radical (unpaired) electrons. The molecule has 20 heavy (non-hydrogen) atoms. The standard InChI is InChI=1S/C13H16N4O2S/c1-8-7-20-13(15-8)9(2)16-11-6-4-5-10(14-3)12(11)17(18)19/h4-7,9,14,16H,1-3H3. The average molecular weight is 292 g/mol. The fourth-order valence-electron chi connectivity index (χ4n) is 1.92. The van der Waals surface area contributed by atoms with Crippen LogP contribution in [-0.4, -0.2) is 17.0 Å². The minimum atomic E-state index is -0.381. The molecule has 0 aliphatic heterocycles. The van der Waals surface area contributed by atoms with Gasteiger partial charge in [0.25, 0.3) is 0 Å². The molecular formula is C13H16N4O2S. The Labute approximate surface area is 121 Å². The highest BCUT2D eigenvalue weighted by Crippen LogP contribution is 2.34. The smallest absolute Gasteiger partial charge is 0.315 e. The monoisotopic (exact) mass is 292 g/mol. The number of nitro benzene ring substituents is 1. The Morgan fingerprint density at radius 1 is 1.40 bits per heavy atom. The number of aryl methyl sites for hydroxylation is 1. The molecule has 2 aromatic rings. The van der Waals surface area contributed by atoms with Crippen LogP contribution in [-0.2, 0) is 0 Å². The summed E-state index contributed by atoms with van der Waals surface area (Å²) in [5.74, 6) is 0. The summed E-state index contributed by atoms with van der Waals surface area (Å²) in [7, 11) is 1.67. The number of benzene rings is 1. The van der Waals surface area contributed by atoms with Crippen LogP contribution in [0.4, 0.5) is 17.1 Å². The molecule has 0 fully saturated rings. The molecule has 1 aromatic heterocycles. The van der Waals surface area contributed by atoms with Crippen LogP contribution in [0.2, 0.25) is 0 Å². The van der Waals surface area contributed by atoms with E-state index in [1.807, 2.05) is 19.2 Å². The van der Waals surface area contributed by atoms with Crippen LogP contribution in [0.5, 0.6) is 0 Å². The maximum atomic E-state index is 11.2. The second-order valence-electron chi connectivity index (χ2n) is 4.40. The molecule has 1 atom stereocenters. The summed E-state index contributed by atoms with van der Waals surface area (Å²) in [6, 6.07) is 5.08. The summed E-state index contributed by atoms with van der Waals surface area (Å²) < 4.78 is 0. The van der Waals surface area contributed by atoms with Gasteiger partial charge in [-0.25, -0.2) is 4.98 Å². The molecule has 1 aromatic carbocycles. The Hall–Kier alpha value is -2.15. The van der Waals surface area contributed by atoms with Crippen LogP contribution in [0.3, 0.4) is 0 Å². The lowest BCUT2D eigenvalue weighted by Gasteiger charge is -2.14. The lowest BCUT2D eigenvalue weighted by atomic mass is 10.2. The zero-order chi connectivity index (χ0) is 14.7. The van der Waals surface area contributed by atoms with Crippen molar-refractivity contribution in [1.29, 1.82) is 0 Å². The summed E-state index contributed by atoms with van der Waals surface area (Å²) in [6.07, 6.45) is 0. The molecule has 2 rings (SSSR count). The van der Waals surface area contributed by atoms with Crippen molar-refractivity contribution in [3.63, 3.8) is 0 Å². The van der Waals surface area contributed by atoms with Gasteiger partial charge in [0.1, 0.15) is 16.4 Å². The van der Waals surface area contributed by atoms with Crippen molar-refractivity contribution in [2.24, 2.45) is 0 Å². The number of nitrogens with zero attached hydrogens (tertiary/aromatic N) is 2. The van der Waals surface area contributed by atoms with Crippen LogP contribution in [0.1, 0.15) is 23.7 Å². The molecule has 0 aliphatic rings. The Morgan fingerprint density at radius 3 is 2.65 bits per heavy atom. The Bertz CT molecular complexity index is 627. The highest BCUT2D eigenvalue weighted by atomic mass is 32.1. The van der Waals surface area contributed by atoms with E-state index in [0.717, 1.165) is 10.7 Å². The van der Waals surface area contributed by atoms with Gasteiger partial charge >= 0.3 is 5.69 Å². The molecule has 6 nitrogen and oxygen atoms in total. The van der Waals surface area contributed by atoms with Gasteiger partial charge in [-0.05, 0) is 26.0 Å². The Morgan fingerprint density at radius 2 is 2.10 bits per heavy atom. The summed E-state index contributed by atoms with van der Waals surface area (Å²) in [5.41, 5.74) is 1.98. The Kier molecular flexibility index (Phi) is 4.19. The second-order valence-corrected chi connectivity index (χ2v) is 5.29. The van der Waals surface area contributed by atoms with Gasteiger partial charge in [-0.2, -0.15) is 0 Å². The van der Waals surface area contributed by atoms with Crippen molar-refractivity contribution in [2.45, 2.75) is 19.9 Å². The largest absolute Gasteiger partial charge is 0.382 e. The van der Waals surface area contributed by atoms with Gasteiger partial charge in [-0.3, -0.25) is 10.1 Å². The lowest BCUT2D eigenvalue weighted by Crippen LogP contribution is -2.09. The van der Waals surface area contributed by atoms with Gasteiger partial charge < -0.3 is 10.6 Å². The quantitative estimate of drug-likeness (QED) is 0.650. The SMILES string of the molecule is CNc1cccc(NC(C)c2nc(C)cs2)c1[N+](=O)[O-]. The highest BCUT2D eigenvalue weighted by molar-refractivity contribution is 7.09. The highest BCUT2D eigenvalue weighted by Gasteiger charge is 2.21. The molecule has 0 saturated carbocycles. The molecule has 0 spiro atoms. The third kappa shape index (κ3) is 2.88. The molecule has 0 aliphatic carbocycles. The van der Waals surface area contributed by atoms with E-state index in [9.17, 15) is 10.1 Å². The minimum Gasteiger partial charge on any atom is -0.382 e. The number of rotatable bonds is 5. The maximum absolute atomic E-state index is 11.2. The first-order valence-electron chi connectivity index (χ1n) is 6.16. The summed E-state index contributed by atoms with van der Waals surface area (Å²) in [5, 5.41) is 20.1. The van der Waals surface area contributed by atoms with Gasteiger partial charge in [0, 0.05) is 18.1 Å². The summed E-state index contributed by atoms with van der Waals surface area (Å²) in [4.78, 5) is 15.2. The molecular weight excluding hydrogens is 276 g/mol. The average Bonchev–Trinajstić information content (AvgIpc) is 2.84.